The Labute approximate surface area is 188 Å². The zero-order valence-corrected chi connectivity index (χ0v) is 19.4. The molecule has 0 bridgehead atoms. The third kappa shape index (κ3) is 5.85. The highest BCUT2D eigenvalue weighted by Gasteiger charge is 2.31. The first-order chi connectivity index (χ1) is 15.2. The van der Waals surface area contributed by atoms with Gasteiger partial charge in [-0.15, -0.1) is 0 Å². The lowest BCUT2D eigenvalue weighted by molar-refractivity contribution is -0.132. The average molecular weight is 472 g/mol. The molecule has 0 aromatic heterocycles. The van der Waals surface area contributed by atoms with E-state index < -0.39 is 16.6 Å². The van der Waals surface area contributed by atoms with Gasteiger partial charge >= 0.3 is 6.61 Å². The van der Waals surface area contributed by atoms with E-state index in [0.717, 1.165) is 5.56 Å². The van der Waals surface area contributed by atoms with Gasteiger partial charge in [-0.3, -0.25) is 9.69 Å². The monoisotopic (exact) mass is 471 g/mol. The van der Waals surface area contributed by atoms with Crippen molar-refractivity contribution in [2.75, 3.05) is 45.8 Å². The van der Waals surface area contributed by atoms with Crippen molar-refractivity contribution in [2.24, 2.45) is 0 Å². The minimum atomic E-state index is -3.64. The van der Waals surface area contributed by atoms with Crippen molar-refractivity contribution in [3.8, 4) is 5.75 Å². The SMILES string of the molecule is CCN(CC)C(=O)CN1CCCN(S(=O)(=O)C2=Cc3ccc(OC(F)F)cc3CC2)CC1. The maximum atomic E-state index is 13.3. The summed E-state index contributed by atoms with van der Waals surface area (Å²) in [5.41, 5.74) is 1.50. The fraction of sp³-hybridized carbons (Fsp3) is 0.591. The molecule has 0 saturated carbocycles. The Kier molecular flexibility index (Phi) is 8.24. The molecule has 1 aromatic rings. The molecule has 1 heterocycles. The maximum absolute atomic E-state index is 13.3. The minimum Gasteiger partial charge on any atom is -0.435 e. The van der Waals surface area contributed by atoms with Gasteiger partial charge in [0.2, 0.25) is 15.9 Å². The molecule has 0 radical (unpaired) electrons. The predicted octanol–water partition coefficient (Wildman–Crippen LogP) is 2.78. The highest BCUT2D eigenvalue weighted by Crippen LogP contribution is 2.32. The summed E-state index contributed by atoms with van der Waals surface area (Å²) in [4.78, 5) is 16.5. The van der Waals surface area contributed by atoms with E-state index in [0.29, 0.717) is 75.5 Å². The normalized spacial score (nSPS) is 18.1. The summed E-state index contributed by atoms with van der Waals surface area (Å²) in [5.74, 6) is 0.137. The summed E-state index contributed by atoms with van der Waals surface area (Å²) in [6, 6.07) is 4.58. The molecule has 0 N–H and O–H groups in total. The van der Waals surface area contributed by atoms with Crippen molar-refractivity contribution in [1.29, 1.82) is 0 Å². The first-order valence-electron chi connectivity index (χ1n) is 11.0. The molecule has 32 heavy (non-hydrogen) atoms. The Balaban J connectivity index is 1.68. The molecule has 10 heteroatoms. The number of ether oxygens (including phenoxy) is 1. The predicted molar refractivity (Wildman–Crippen MR) is 119 cm³/mol. The first kappa shape index (κ1) is 24.6. The van der Waals surface area contributed by atoms with Crippen molar-refractivity contribution >= 4 is 22.0 Å². The van der Waals surface area contributed by atoms with E-state index in [4.69, 9.17) is 0 Å². The topological polar surface area (TPSA) is 70.2 Å². The molecule has 3 rings (SSSR count). The van der Waals surface area contributed by atoms with Crippen LogP contribution in [0.2, 0.25) is 0 Å². The molecule has 1 aromatic carbocycles. The number of aryl methyl sites for hydroxylation is 1. The van der Waals surface area contributed by atoms with Crippen LogP contribution in [0.4, 0.5) is 8.78 Å². The molecule has 0 unspecified atom stereocenters. The number of carbonyl (C=O) groups is 1. The van der Waals surface area contributed by atoms with E-state index in [9.17, 15) is 22.0 Å². The summed E-state index contributed by atoms with van der Waals surface area (Å²) < 4.78 is 57.4. The average Bonchev–Trinajstić information content (AvgIpc) is 3.00. The van der Waals surface area contributed by atoms with E-state index in [-0.39, 0.29) is 11.7 Å². The van der Waals surface area contributed by atoms with Crippen molar-refractivity contribution < 1.29 is 26.7 Å². The summed E-state index contributed by atoms with van der Waals surface area (Å²) in [6.45, 7) is 4.54. The van der Waals surface area contributed by atoms with E-state index in [1.165, 1.54) is 16.4 Å². The van der Waals surface area contributed by atoms with Crippen molar-refractivity contribution in [3.63, 3.8) is 0 Å². The van der Waals surface area contributed by atoms with Crippen LogP contribution < -0.4 is 4.74 Å². The van der Waals surface area contributed by atoms with Gasteiger partial charge in [-0.05, 0) is 69.0 Å². The highest BCUT2D eigenvalue weighted by molar-refractivity contribution is 7.93. The number of nitrogens with zero attached hydrogens (tertiary/aromatic N) is 3. The molecule has 1 saturated heterocycles. The zero-order chi connectivity index (χ0) is 23.3. The van der Waals surface area contributed by atoms with Crippen LogP contribution in [-0.2, 0) is 21.2 Å². The van der Waals surface area contributed by atoms with Crippen LogP contribution in [-0.4, -0.2) is 80.9 Å². The number of amides is 1. The van der Waals surface area contributed by atoms with Crippen LogP contribution in [0.1, 0.15) is 37.8 Å². The standard InChI is InChI=1S/C22H31F2N3O4S/c1-3-26(4-2)21(28)16-25-10-5-11-27(13-12-25)32(29,30)20-9-7-17-14-19(31-22(23)24)8-6-18(17)15-20/h6,8,14-15,22H,3-5,7,9-13,16H2,1-2H3. The van der Waals surface area contributed by atoms with Gasteiger partial charge in [-0.25, -0.2) is 8.42 Å². The van der Waals surface area contributed by atoms with Crippen LogP contribution in [0, 0.1) is 0 Å². The second-order valence-electron chi connectivity index (χ2n) is 7.95. The fourth-order valence-electron chi connectivity index (χ4n) is 4.20. The summed E-state index contributed by atoms with van der Waals surface area (Å²) in [6.07, 6.45) is 3.04. The number of rotatable bonds is 8. The molecule has 0 spiro atoms. The number of sulfonamides is 1. The van der Waals surface area contributed by atoms with Gasteiger partial charge in [0.15, 0.2) is 0 Å². The lowest BCUT2D eigenvalue weighted by Crippen LogP contribution is -2.42. The van der Waals surface area contributed by atoms with E-state index in [2.05, 4.69) is 4.74 Å². The number of carbonyl (C=O) groups excluding carboxylic acids is 1. The number of allylic oxidation sites excluding steroid dienone is 1. The van der Waals surface area contributed by atoms with E-state index in [1.807, 2.05) is 18.7 Å². The summed E-state index contributed by atoms with van der Waals surface area (Å²) in [7, 11) is -3.64. The number of hydrogen-bond donors (Lipinski definition) is 0. The smallest absolute Gasteiger partial charge is 0.387 e. The van der Waals surface area contributed by atoms with Crippen LogP contribution in [0.3, 0.4) is 0 Å². The Morgan fingerprint density at radius 2 is 1.88 bits per heavy atom. The van der Waals surface area contributed by atoms with Crippen LogP contribution >= 0.6 is 0 Å². The number of benzene rings is 1. The second kappa shape index (κ2) is 10.7. The molecule has 1 amide bonds. The van der Waals surface area contributed by atoms with Crippen LogP contribution in [0.25, 0.3) is 6.08 Å². The summed E-state index contributed by atoms with van der Waals surface area (Å²) in [5, 5.41) is 0. The highest BCUT2D eigenvalue weighted by atomic mass is 32.2. The number of halogens is 2. The van der Waals surface area contributed by atoms with Gasteiger partial charge in [0.1, 0.15) is 5.75 Å². The van der Waals surface area contributed by atoms with E-state index in [1.54, 1.807) is 17.0 Å². The van der Waals surface area contributed by atoms with Gasteiger partial charge < -0.3 is 9.64 Å². The fourth-order valence-corrected chi connectivity index (χ4v) is 5.86. The molecule has 178 valence electrons. The number of hydrogen-bond acceptors (Lipinski definition) is 5. The minimum absolute atomic E-state index is 0.0630. The lowest BCUT2D eigenvalue weighted by atomic mass is 9.97. The molecule has 1 aliphatic carbocycles. The molecule has 0 atom stereocenters. The molecule has 2 aliphatic rings. The van der Waals surface area contributed by atoms with Gasteiger partial charge in [-0.2, -0.15) is 13.1 Å². The third-order valence-electron chi connectivity index (χ3n) is 5.99. The molecule has 1 fully saturated rings. The molecule has 7 nitrogen and oxygen atoms in total. The molecular formula is C22H31F2N3O4S. The van der Waals surface area contributed by atoms with Gasteiger partial charge in [-0.1, -0.05) is 6.07 Å². The van der Waals surface area contributed by atoms with Gasteiger partial charge in [0, 0.05) is 32.7 Å². The van der Waals surface area contributed by atoms with Gasteiger partial charge in [0.05, 0.1) is 11.4 Å². The lowest BCUT2D eigenvalue weighted by Gasteiger charge is -2.26. The number of alkyl halides is 2. The Morgan fingerprint density at radius 3 is 2.56 bits per heavy atom. The van der Waals surface area contributed by atoms with Crippen molar-refractivity contribution in [2.45, 2.75) is 39.7 Å². The van der Waals surface area contributed by atoms with Crippen LogP contribution in [0.15, 0.2) is 23.1 Å². The maximum Gasteiger partial charge on any atom is 0.387 e. The number of fused-ring (bicyclic) bond motifs is 1. The zero-order valence-electron chi connectivity index (χ0n) is 18.6. The summed E-state index contributed by atoms with van der Waals surface area (Å²) >= 11 is 0. The first-order valence-corrected chi connectivity index (χ1v) is 12.5. The largest absolute Gasteiger partial charge is 0.435 e. The third-order valence-corrected chi connectivity index (χ3v) is 8.02. The Bertz CT molecular complexity index is 948. The van der Waals surface area contributed by atoms with Gasteiger partial charge in [0.25, 0.3) is 0 Å². The van der Waals surface area contributed by atoms with Crippen molar-refractivity contribution in [3.05, 3.63) is 34.2 Å². The quantitative estimate of drug-likeness (QED) is 0.583. The Morgan fingerprint density at radius 1 is 1.12 bits per heavy atom. The number of likely N-dealkylation sites (N-methyl/N-ethyl adjacent to an activating group) is 1. The van der Waals surface area contributed by atoms with E-state index >= 15 is 0 Å². The second-order valence-corrected chi connectivity index (χ2v) is 9.94. The van der Waals surface area contributed by atoms with Crippen molar-refractivity contribution in [1.82, 2.24) is 14.1 Å². The molecule has 1 aliphatic heterocycles. The van der Waals surface area contributed by atoms with Crippen LogP contribution in [0.5, 0.6) is 5.75 Å². The molecular weight excluding hydrogens is 440 g/mol. The Hall–Kier alpha value is -2.04.